The predicted molar refractivity (Wildman–Crippen MR) is 115 cm³/mol. The van der Waals surface area contributed by atoms with Gasteiger partial charge in [0.2, 0.25) is 5.91 Å². The summed E-state index contributed by atoms with van der Waals surface area (Å²) >= 11 is 5.99. The lowest BCUT2D eigenvalue weighted by atomic mass is 9.49. The van der Waals surface area contributed by atoms with E-state index in [9.17, 15) is 9.59 Å². The van der Waals surface area contributed by atoms with Crippen LogP contribution in [0.15, 0.2) is 48.5 Å². The lowest BCUT2D eigenvalue weighted by molar-refractivity contribution is -0.140. The maximum absolute atomic E-state index is 13.2. The van der Waals surface area contributed by atoms with Crippen LogP contribution in [0.1, 0.15) is 48.9 Å². The molecule has 29 heavy (non-hydrogen) atoms. The first kappa shape index (κ1) is 18.7. The van der Waals surface area contributed by atoms with Crippen molar-refractivity contribution in [2.75, 3.05) is 10.6 Å². The van der Waals surface area contributed by atoms with Gasteiger partial charge in [-0.15, -0.1) is 0 Å². The minimum absolute atomic E-state index is 0.143. The van der Waals surface area contributed by atoms with Crippen LogP contribution in [0, 0.1) is 23.2 Å². The number of nitrogens with one attached hydrogen (secondary N) is 2. The third kappa shape index (κ3) is 3.66. The van der Waals surface area contributed by atoms with Crippen LogP contribution in [0.4, 0.5) is 11.4 Å². The number of anilines is 2. The van der Waals surface area contributed by atoms with E-state index in [4.69, 9.17) is 11.6 Å². The highest BCUT2D eigenvalue weighted by molar-refractivity contribution is 6.31. The number of hydrogen-bond donors (Lipinski definition) is 2. The molecule has 0 heterocycles. The third-order valence-corrected chi connectivity index (χ3v) is 7.22. The molecule has 0 saturated heterocycles. The lowest BCUT2D eigenvalue weighted by Gasteiger charge is -2.55. The standard InChI is InChI=1S/C24H25ClN2O2/c25-19-4-2-6-21(11-19)26-22(28)18-3-1-5-20(10-18)27-23(29)24-12-15-7-16(13-24)9-17(8-15)14-24/h1-6,10-11,15-17H,7-9,12-14H2,(H,26,28)(H,27,29). The van der Waals surface area contributed by atoms with Gasteiger partial charge < -0.3 is 10.6 Å². The number of carbonyl (C=O) groups is 2. The molecule has 0 aliphatic heterocycles. The van der Waals surface area contributed by atoms with E-state index in [1.807, 2.05) is 12.1 Å². The van der Waals surface area contributed by atoms with Gasteiger partial charge in [-0.3, -0.25) is 9.59 Å². The highest BCUT2D eigenvalue weighted by atomic mass is 35.5. The highest BCUT2D eigenvalue weighted by Gasteiger charge is 2.54. The van der Waals surface area contributed by atoms with Gasteiger partial charge in [0.05, 0.1) is 5.41 Å². The minimum Gasteiger partial charge on any atom is -0.326 e. The smallest absolute Gasteiger partial charge is 0.255 e. The van der Waals surface area contributed by atoms with E-state index >= 15 is 0 Å². The molecule has 4 aliphatic rings. The maximum atomic E-state index is 13.2. The Hall–Kier alpha value is -2.33. The Bertz CT molecular complexity index is 936. The Labute approximate surface area is 176 Å². The van der Waals surface area contributed by atoms with Crippen molar-refractivity contribution in [1.82, 2.24) is 0 Å². The quantitative estimate of drug-likeness (QED) is 0.676. The van der Waals surface area contributed by atoms with Crippen molar-refractivity contribution < 1.29 is 9.59 Å². The van der Waals surface area contributed by atoms with Crippen LogP contribution in [-0.4, -0.2) is 11.8 Å². The van der Waals surface area contributed by atoms with E-state index in [-0.39, 0.29) is 17.2 Å². The Morgan fingerprint density at radius 2 is 1.41 bits per heavy atom. The van der Waals surface area contributed by atoms with Gasteiger partial charge in [0.1, 0.15) is 0 Å². The number of rotatable bonds is 4. The van der Waals surface area contributed by atoms with Gasteiger partial charge in [0, 0.05) is 22.0 Å². The molecule has 0 atom stereocenters. The minimum atomic E-state index is -0.224. The first-order valence-electron chi connectivity index (χ1n) is 10.5. The summed E-state index contributed by atoms with van der Waals surface area (Å²) < 4.78 is 0. The molecule has 2 N–H and O–H groups in total. The number of amides is 2. The van der Waals surface area contributed by atoms with Crippen molar-refractivity contribution in [3.05, 3.63) is 59.1 Å². The Kier molecular flexibility index (Phi) is 4.62. The molecule has 4 aliphatic carbocycles. The predicted octanol–water partition coefficient (Wildman–Crippen LogP) is 5.75. The first-order chi connectivity index (χ1) is 14.0. The second kappa shape index (κ2) is 7.17. The lowest BCUT2D eigenvalue weighted by Crippen LogP contribution is -2.51. The zero-order valence-electron chi connectivity index (χ0n) is 16.3. The summed E-state index contributed by atoms with van der Waals surface area (Å²) in [6.07, 6.45) is 7.02. The van der Waals surface area contributed by atoms with Crippen molar-refractivity contribution in [2.45, 2.75) is 38.5 Å². The van der Waals surface area contributed by atoms with Crippen molar-refractivity contribution in [3.63, 3.8) is 0 Å². The van der Waals surface area contributed by atoms with Crippen molar-refractivity contribution in [3.8, 4) is 0 Å². The normalized spacial score (nSPS) is 29.5. The van der Waals surface area contributed by atoms with Gasteiger partial charge in [-0.2, -0.15) is 0 Å². The largest absolute Gasteiger partial charge is 0.326 e. The molecule has 0 radical (unpaired) electrons. The SMILES string of the molecule is O=C(Nc1cccc(Cl)c1)c1cccc(NC(=O)C23CC4CC(CC(C4)C2)C3)c1. The Morgan fingerprint density at radius 3 is 2.03 bits per heavy atom. The van der Waals surface area contributed by atoms with Crippen molar-refractivity contribution in [2.24, 2.45) is 23.2 Å². The average Bonchev–Trinajstić information content (AvgIpc) is 2.67. The van der Waals surface area contributed by atoms with Crippen LogP contribution in [0.3, 0.4) is 0 Å². The highest BCUT2D eigenvalue weighted by Crippen LogP contribution is 2.60. The maximum Gasteiger partial charge on any atom is 0.255 e. The fourth-order valence-electron chi connectivity index (χ4n) is 6.16. The monoisotopic (exact) mass is 408 g/mol. The number of hydrogen-bond acceptors (Lipinski definition) is 2. The van der Waals surface area contributed by atoms with Crippen LogP contribution < -0.4 is 10.6 Å². The summed E-state index contributed by atoms with van der Waals surface area (Å²) in [4.78, 5) is 25.9. The second-order valence-electron chi connectivity index (χ2n) is 9.20. The molecular formula is C24H25ClN2O2. The molecule has 4 nitrogen and oxygen atoms in total. The number of halogens is 1. The topological polar surface area (TPSA) is 58.2 Å². The van der Waals surface area contributed by atoms with Gasteiger partial charge in [-0.1, -0.05) is 23.7 Å². The molecule has 2 aromatic rings. The molecule has 2 aromatic carbocycles. The van der Waals surface area contributed by atoms with Crippen LogP contribution in [0.5, 0.6) is 0 Å². The van der Waals surface area contributed by atoms with Crippen LogP contribution >= 0.6 is 11.6 Å². The Morgan fingerprint density at radius 1 is 0.828 bits per heavy atom. The second-order valence-corrected chi connectivity index (χ2v) is 9.63. The Balaban J connectivity index is 1.30. The fourth-order valence-corrected chi connectivity index (χ4v) is 6.35. The van der Waals surface area contributed by atoms with Crippen molar-refractivity contribution >= 4 is 34.8 Å². The van der Waals surface area contributed by atoms with Gasteiger partial charge in [0.25, 0.3) is 5.91 Å². The zero-order valence-corrected chi connectivity index (χ0v) is 17.0. The van der Waals surface area contributed by atoms with Crippen molar-refractivity contribution in [1.29, 1.82) is 0 Å². The summed E-state index contributed by atoms with van der Waals surface area (Å²) in [6.45, 7) is 0. The van der Waals surface area contributed by atoms with Gasteiger partial charge in [-0.25, -0.2) is 0 Å². The molecule has 0 spiro atoms. The molecule has 5 heteroatoms. The van der Waals surface area contributed by atoms with Gasteiger partial charge in [-0.05, 0) is 92.7 Å². The summed E-state index contributed by atoms with van der Waals surface area (Å²) in [5.41, 5.74) is 1.64. The molecule has 150 valence electrons. The molecule has 6 rings (SSSR count). The number of benzene rings is 2. The summed E-state index contributed by atoms with van der Waals surface area (Å²) in [7, 11) is 0. The fraction of sp³-hybridized carbons (Fsp3) is 0.417. The summed E-state index contributed by atoms with van der Waals surface area (Å²) in [6, 6.07) is 14.2. The van der Waals surface area contributed by atoms with E-state index in [0.29, 0.717) is 22.0 Å². The molecule has 4 fully saturated rings. The van der Waals surface area contributed by atoms with E-state index in [0.717, 1.165) is 37.0 Å². The molecule has 0 aromatic heterocycles. The van der Waals surface area contributed by atoms with E-state index < -0.39 is 0 Å². The third-order valence-electron chi connectivity index (χ3n) is 6.99. The zero-order chi connectivity index (χ0) is 20.0. The average molecular weight is 409 g/mol. The van der Waals surface area contributed by atoms with E-state index in [1.165, 1.54) is 19.3 Å². The van der Waals surface area contributed by atoms with E-state index in [2.05, 4.69) is 10.6 Å². The molecule has 2 amide bonds. The molecule has 4 bridgehead atoms. The molecular weight excluding hydrogens is 384 g/mol. The molecule has 4 saturated carbocycles. The van der Waals surface area contributed by atoms with Crippen LogP contribution in [0.2, 0.25) is 5.02 Å². The molecule has 0 unspecified atom stereocenters. The van der Waals surface area contributed by atoms with Crippen LogP contribution in [0.25, 0.3) is 0 Å². The first-order valence-corrected chi connectivity index (χ1v) is 10.9. The summed E-state index contributed by atoms with van der Waals surface area (Å²) in [5, 5.41) is 6.55. The summed E-state index contributed by atoms with van der Waals surface area (Å²) in [5.74, 6) is 2.09. The van der Waals surface area contributed by atoms with Gasteiger partial charge in [0.15, 0.2) is 0 Å². The van der Waals surface area contributed by atoms with E-state index in [1.54, 1.807) is 36.4 Å². The number of carbonyl (C=O) groups excluding carboxylic acids is 2. The van der Waals surface area contributed by atoms with Gasteiger partial charge >= 0.3 is 0 Å². The van der Waals surface area contributed by atoms with Crippen LogP contribution in [-0.2, 0) is 4.79 Å².